The number of hydrogen-bond donors (Lipinski definition) is 3. The van der Waals surface area contributed by atoms with Crippen LogP contribution in [0.5, 0.6) is 11.5 Å². The van der Waals surface area contributed by atoms with Gasteiger partial charge in [0.05, 0.1) is 17.7 Å². The molecule has 2 rings (SSSR count). The molecular formula is C21H29BrN2O3. The van der Waals surface area contributed by atoms with Crippen LogP contribution in [-0.4, -0.2) is 38.0 Å². The Morgan fingerprint density at radius 1 is 1.07 bits per heavy atom. The lowest BCUT2D eigenvalue weighted by Gasteiger charge is -2.15. The Kier molecular flexibility index (Phi) is 9.07. The summed E-state index contributed by atoms with van der Waals surface area (Å²) in [4.78, 5) is 0. The van der Waals surface area contributed by atoms with E-state index < -0.39 is 0 Å². The maximum Gasteiger partial charge on any atom is 0.175 e. The van der Waals surface area contributed by atoms with Crippen molar-refractivity contribution < 1.29 is 14.6 Å². The number of halogens is 1. The summed E-state index contributed by atoms with van der Waals surface area (Å²) in [5, 5.41) is 15.8. The molecular weight excluding hydrogens is 408 g/mol. The highest BCUT2D eigenvalue weighted by molar-refractivity contribution is 9.10. The number of nitrogens with one attached hydrogen (secondary N) is 2. The van der Waals surface area contributed by atoms with Crippen molar-refractivity contribution in [3.05, 3.63) is 57.6 Å². The van der Waals surface area contributed by atoms with Crippen molar-refractivity contribution in [2.24, 2.45) is 0 Å². The molecule has 0 saturated heterocycles. The van der Waals surface area contributed by atoms with E-state index in [1.54, 1.807) is 14.0 Å². The average molecular weight is 437 g/mol. The average Bonchev–Trinajstić information content (AvgIpc) is 2.64. The summed E-state index contributed by atoms with van der Waals surface area (Å²) in [7, 11) is 1.65. The summed E-state index contributed by atoms with van der Waals surface area (Å²) in [5.74, 6) is 1.42. The van der Waals surface area contributed by atoms with Gasteiger partial charge in [-0.05, 0) is 53.0 Å². The van der Waals surface area contributed by atoms with Gasteiger partial charge in [-0.15, -0.1) is 0 Å². The van der Waals surface area contributed by atoms with Crippen molar-refractivity contribution >= 4 is 15.9 Å². The van der Waals surface area contributed by atoms with E-state index in [4.69, 9.17) is 9.47 Å². The number of benzene rings is 2. The Bertz CT molecular complexity index is 705. The van der Waals surface area contributed by atoms with Crippen molar-refractivity contribution in [3.8, 4) is 11.5 Å². The van der Waals surface area contributed by atoms with Crippen LogP contribution in [0.2, 0.25) is 0 Å². The molecule has 0 aliphatic carbocycles. The van der Waals surface area contributed by atoms with Gasteiger partial charge < -0.3 is 25.2 Å². The molecule has 5 nitrogen and oxygen atoms in total. The number of rotatable bonds is 11. The van der Waals surface area contributed by atoms with E-state index in [1.165, 1.54) is 5.56 Å². The van der Waals surface area contributed by atoms with Crippen molar-refractivity contribution in [2.75, 3.05) is 26.7 Å². The fourth-order valence-corrected chi connectivity index (χ4v) is 3.18. The second kappa shape index (κ2) is 11.3. The van der Waals surface area contributed by atoms with Gasteiger partial charge in [-0.25, -0.2) is 0 Å². The van der Waals surface area contributed by atoms with Crippen molar-refractivity contribution in [1.82, 2.24) is 10.6 Å². The normalized spacial score (nSPS) is 12.0. The molecule has 0 amide bonds. The highest BCUT2D eigenvalue weighted by Gasteiger charge is 2.12. The number of aryl methyl sites for hydroxylation is 1. The molecule has 0 bridgehead atoms. The van der Waals surface area contributed by atoms with Gasteiger partial charge >= 0.3 is 0 Å². The molecule has 6 heteroatoms. The second-order valence-corrected chi connectivity index (χ2v) is 7.47. The van der Waals surface area contributed by atoms with Gasteiger partial charge in [0, 0.05) is 26.2 Å². The molecule has 148 valence electrons. The van der Waals surface area contributed by atoms with E-state index in [-0.39, 0.29) is 6.10 Å². The van der Waals surface area contributed by atoms with Gasteiger partial charge in [0.2, 0.25) is 0 Å². The first-order chi connectivity index (χ1) is 13.0. The van der Waals surface area contributed by atoms with Crippen LogP contribution >= 0.6 is 15.9 Å². The molecule has 0 fully saturated rings. The van der Waals surface area contributed by atoms with Gasteiger partial charge in [-0.2, -0.15) is 0 Å². The lowest BCUT2D eigenvalue weighted by atomic mass is 10.1. The van der Waals surface area contributed by atoms with Gasteiger partial charge in [-0.3, -0.25) is 0 Å². The summed E-state index contributed by atoms with van der Waals surface area (Å²) in [6.07, 6.45) is -0.322. The van der Waals surface area contributed by atoms with Crippen LogP contribution in [0.1, 0.15) is 23.6 Å². The predicted molar refractivity (Wildman–Crippen MR) is 112 cm³/mol. The highest BCUT2D eigenvalue weighted by atomic mass is 79.9. The summed E-state index contributed by atoms with van der Waals surface area (Å²) in [6, 6.07) is 12.3. The van der Waals surface area contributed by atoms with Gasteiger partial charge in [0.15, 0.2) is 11.5 Å². The number of aliphatic hydroxyl groups is 1. The zero-order valence-electron chi connectivity index (χ0n) is 16.2. The SMILES string of the molecule is COc1cc(CNCCNCC(C)O)cc(Br)c1OCc1ccc(C)cc1. The van der Waals surface area contributed by atoms with Crippen LogP contribution < -0.4 is 20.1 Å². The molecule has 27 heavy (non-hydrogen) atoms. The smallest absolute Gasteiger partial charge is 0.175 e. The third kappa shape index (κ3) is 7.50. The van der Waals surface area contributed by atoms with E-state index in [2.05, 4.69) is 57.8 Å². The fourth-order valence-electron chi connectivity index (χ4n) is 2.58. The third-order valence-electron chi connectivity index (χ3n) is 4.04. The van der Waals surface area contributed by atoms with Gasteiger partial charge in [-0.1, -0.05) is 29.8 Å². The van der Waals surface area contributed by atoms with Crippen LogP contribution in [0.4, 0.5) is 0 Å². The summed E-state index contributed by atoms with van der Waals surface area (Å²) < 4.78 is 12.4. The first kappa shape index (κ1) is 21.7. The first-order valence-electron chi connectivity index (χ1n) is 9.14. The monoisotopic (exact) mass is 436 g/mol. The minimum absolute atomic E-state index is 0.322. The Labute approximate surface area is 170 Å². The van der Waals surface area contributed by atoms with Crippen LogP contribution in [0.25, 0.3) is 0 Å². The Morgan fingerprint density at radius 2 is 1.78 bits per heavy atom. The number of methoxy groups -OCH3 is 1. The topological polar surface area (TPSA) is 62.8 Å². The minimum atomic E-state index is -0.322. The highest BCUT2D eigenvalue weighted by Crippen LogP contribution is 2.37. The maximum absolute atomic E-state index is 9.22. The number of aliphatic hydroxyl groups excluding tert-OH is 1. The maximum atomic E-state index is 9.22. The summed E-state index contributed by atoms with van der Waals surface area (Å²) in [5.41, 5.74) is 3.46. The fraction of sp³-hybridized carbons (Fsp3) is 0.429. The zero-order chi connectivity index (χ0) is 19.6. The molecule has 1 atom stereocenters. The summed E-state index contributed by atoms with van der Waals surface area (Å²) >= 11 is 3.60. The van der Waals surface area contributed by atoms with Crippen molar-refractivity contribution in [1.29, 1.82) is 0 Å². The Balaban J connectivity index is 1.90. The second-order valence-electron chi connectivity index (χ2n) is 6.61. The molecule has 3 N–H and O–H groups in total. The van der Waals surface area contributed by atoms with Gasteiger partial charge in [0.1, 0.15) is 6.61 Å². The molecule has 1 unspecified atom stereocenters. The standard InChI is InChI=1S/C21H29BrN2O3/c1-15-4-6-17(7-5-15)14-27-21-19(22)10-18(11-20(21)26-3)13-24-9-8-23-12-16(2)25/h4-7,10-11,16,23-25H,8-9,12-14H2,1-3H3. The number of ether oxygens (including phenoxy) is 2. The number of hydrogen-bond acceptors (Lipinski definition) is 5. The van der Waals surface area contributed by atoms with E-state index in [1.807, 2.05) is 12.1 Å². The molecule has 0 spiro atoms. The summed E-state index contributed by atoms with van der Waals surface area (Å²) in [6.45, 7) is 7.28. The molecule has 0 aromatic heterocycles. The molecule has 0 aliphatic heterocycles. The molecule has 2 aromatic carbocycles. The zero-order valence-corrected chi connectivity index (χ0v) is 17.8. The molecule has 0 saturated carbocycles. The lowest BCUT2D eigenvalue weighted by Crippen LogP contribution is -2.31. The van der Waals surface area contributed by atoms with E-state index in [9.17, 15) is 5.11 Å². The van der Waals surface area contributed by atoms with Crippen LogP contribution in [0.3, 0.4) is 0 Å². The predicted octanol–water partition coefficient (Wildman–Crippen LogP) is 3.41. The van der Waals surface area contributed by atoms with Crippen molar-refractivity contribution in [2.45, 2.75) is 33.1 Å². The first-order valence-corrected chi connectivity index (χ1v) is 9.93. The van der Waals surface area contributed by atoms with E-state index in [0.717, 1.165) is 35.2 Å². The quantitative estimate of drug-likeness (QED) is 0.471. The van der Waals surface area contributed by atoms with E-state index >= 15 is 0 Å². The lowest BCUT2D eigenvalue weighted by molar-refractivity contribution is 0.191. The largest absolute Gasteiger partial charge is 0.493 e. The van der Waals surface area contributed by atoms with Crippen LogP contribution in [-0.2, 0) is 13.2 Å². The minimum Gasteiger partial charge on any atom is -0.493 e. The van der Waals surface area contributed by atoms with Gasteiger partial charge in [0.25, 0.3) is 0 Å². The molecule has 2 aromatic rings. The third-order valence-corrected chi connectivity index (χ3v) is 4.63. The Morgan fingerprint density at radius 3 is 2.44 bits per heavy atom. The molecule has 0 aliphatic rings. The Hall–Kier alpha value is -1.60. The van der Waals surface area contributed by atoms with E-state index in [0.29, 0.717) is 24.7 Å². The van der Waals surface area contributed by atoms with Crippen LogP contribution in [0.15, 0.2) is 40.9 Å². The molecule has 0 heterocycles. The molecule has 0 radical (unpaired) electrons. The van der Waals surface area contributed by atoms with Crippen molar-refractivity contribution in [3.63, 3.8) is 0 Å². The van der Waals surface area contributed by atoms with Crippen LogP contribution in [0, 0.1) is 6.92 Å².